The van der Waals surface area contributed by atoms with Crippen molar-refractivity contribution in [3.63, 3.8) is 0 Å². The van der Waals surface area contributed by atoms with E-state index >= 15 is 0 Å². The Balaban J connectivity index is 1.68. The second kappa shape index (κ2) is 11.8. The van der Waals surface area contributed by atoms with Crippen molar-refractivity contribution >= 4 is 46.0 Å². The fourth-order valence-electron chi connectivity index (χ4n) is 4.48. The average molecular weight is 603 g/mol. The van der Waals surface area contributed by atoms with Gasteiger partial charge < -0.3 is 29.0 Å². The fraction of sp³-hybridized carbons (Fsp3) is 0.483. The molecule has 13 heteroatoms. The number of rotatable bonds is 6. The van der Waals surface area contributed by atoms with E-state index in [1.807, 2.05) is 0 Å². The third-order valence-electron chi connectivity index (χ3n) is 6.05. The Morgan fingerprint density at radius 3 is 2.40 bits per heavy atom. The van der Waals surface area contributed by atoms with Crippen LogP contribution in [0.1, 0.15) is 84.4 Å². The molecule has 12 nitrogen and oxygen atoms in total. The van der Waals surface area contributed by atoms with Gasteiger partial charge in [0.2, 0.25) is 0 Å². The van der Waals surface area contributed by atoms with Crippen LogP contribution >= 0.6 is 11.3 Å². The molecule has 0 saturated carbocycles. The maximum atomic E-state index is 13.8. The van der Waals surface area contributed by atoms with Crippen LogP contribution in [0.5, 0.6) is 5.75 Å². The molecule has 3 heterocycles. The molecule has 3 amide bonds. The van der Waals surface area contributed by atoms with Crippen molar-refractivity contribution in [1.29, 1.82) is 0 Å². The molecule has 1 N–H and O–H groups in total. The molecule has 0 radical (unpaired) electrons. The lowest BCUT2D eigenvalue weighted by Crippen LogP contribution is -2.38. The first-order chi connectivity index (χ1) is 19.6. The third-order valence-corrected chi connectivity index (χ3v) is 7.24. The predicted molar refractivity (Wildman–Crippen MR) is 150 cm³/mol. The number of nitrogens with zero attached hydrogens (tertiary/aromatic N) is 1. The van der Waals surface area contributed by atoms with Gasteiger partial charge in [-0.25, -0.2) is 9.59 Å². The van der Waals surface area contributed by atoms with Gasteiger partial charge in [0.05, 0.1) is 24.3 Å². The van der Waals surface area contributed by atoms with Crippen molar-refractivity contribution in [2.75, 3.05) is 25.8 Å². The Morgan fingerprint density at radius 2 is 1.76 bits per heavy atom. The van der Waals surface area contributed by atoms with Gasteiger partial charge in [-0.05, 0) is 65.2 Å². The number of carbonyl (C=O) groups is 5. The van der Waals surface area contributed by atoms with Crippen LogP contribution in [-0.4, -0.2) is 66.3 Å². The number of hydrogen-bond acceptors (Lipinski definition) is 11. The maximum absolute atomic E-state index is 13.8. The molecular formula is C29H34N2O10S. The van der Waals surface area contributed by atoms with E-state index in [4.69, 9.17) is 23.7 Å². The fourth-order valence-corrected chi connectivity index (χ4v) is 5.76. The largest absolute Gasteiger partial charge is 0.467 e. The van der Waals surface area contributed by atoms with Crippen LogP contribution in [-0.2, 0) is 46.3 Å². The monoisotopic (exact) mass is 602 g/mol. The van der Waals surface area contributed by atoms with E-state index in [1.165, 1.54) is 7.11 Å². The second-order valence-corrected chi connectivity index (χ2v) is 12.7. The van der Waals surface area contributed by atoms with Crippen molar-refractivity contribution in [3.05, 3.63) is 45.3 Å². The molecular weight excluding hydrogens is 568 g/mol. The number of anilines is 1. The van der Waals surface area contributed by atoms with Crippen LogP contribution < -0.4 is 10.1 Å². The first kappa shape index (κ1) is 31.1. The number of methoxy groups -OCH3 is 1. The van der Waals surface area contributed by atoms with Crippen molar-refractivity contribution in [3.8, 4) is 5.75 Å². The summed E-state index contributed by atoms with van der Waals surface area (Å²) < 4.78 is 27.1. The maximum Gasteiger partial charge on any atom is 0.397 e. The minimum atomic E-state index is -1.24. The molecule has 226 valence electrons. The number of benzene rings is 1. The molecule has 0 bridgehead atoms. The third kappa shape index (κ3) is 6.63. The highest BCUT2D eigenvalue weighted by Gasteiger charge is 2.43. The number of esters is 2. The van der Waals surface area contributed by atoms with Crippen LogP contribution in [0.2, 0.25) is 0 Å². The van der Waals surface area contributed by atoms with E-state index in [2.05, 4.69) is 5.32 Å². The molecule has 0 aliphatic carbocycles. The van der Waals surface area contributed by atoms with E-state index < -0.39 is 47.0 Å². The summed E-state index contributed by atoms with van der Waals surface area (Å²) in [6.45, 7) is 9.92. The number of thiophene rings is 1. The highest BCUT2D eigenvalue weighted by Crippen LogP contribution is 2.44. The lowest BCUT2D eigenvalue weighted by atomic mass is 10.0. The number of ether oxygens (including phenoxy) is 5. The van der Waals surface area contributed by atoms with Crippen molar-refractivity contribution < 1.29 is 47.7 Å². The summed E-state index contributed by atoms with van der Waals surface area (Å²) in [5, 5.41) is 2.48. The first-order valence-corrected chi connectivity index (χ1v) is 14.1. The van der Waals surface area contributed by atoms with Gasteiger partial charge in [-0.15, -0.1) is 11.3 Å². The summed E-state index contributed by atoms with van der Waals surface area (Å²) in [5.74, 6) is -3.88. The molecule has 0 spiro atoms. The minimum absolute atomic E-state index is 0.00108. The molecule has 2 aliphatic rings. The Hall–Kier alpha value is -3.81. The Bertz CT molecular complexity index is 1430. The topological polar surface area (TPSA) is 147 Å². The van der Waals surface area contributed by atoms with Crippen LogP contribution in [0.25, 0.3) is 0 Å². The molecule has 0 fully saturated rings. The SMILES string of the molecule is COCOc1cccc2c1C(=O)N(C(=O)C1OCCc3c1sc(NC(=O)C(=O)OC(C)(C)C)c3C(=O)OC(C)(C)C)C2. The van der Waals surface area contributed by atoms with E-state index in [0.717, 1.165) is 16.2 Å². The first-order valence-electron chi connectivity index (χ1n) is 13.3. The number of nitrogens with one attached hydrogen (secondary N) is 1. The highest BCUT2D eigenvalue weighted by molar-refractivity contribution is 7.17. The average Bonchev–Trinajstić information content (AvgIpc) is 3.42. The lowest BCUT2D eigenvalue weighted by molar-refractivity contribution is -0.161. The standard InChI is InChI=1S/C29H34N2O10S/c1-28(2,3)40-26(35)19-16-11-12-38-20(21(16)42-23(19)30-22(32)27(36)41-29(4,5)6)25(34)31-13-15-9-8-10-17(39-14-37-7)18(15)24(31)33/h8-10,20H,11-14H2,1-7H3,(H,30,32). The molecule has 4 rings (SSSR count). The van der Waals surface area contributed by atoms with Crippen molar-refractivity contribution in [2.24, 2.45) is 0 Å². The predicted octanol–water partition coefficient (Wildman–Crippen LogP) is 3.76. The molecule has 2 aliphatic heterocycles. The zero-order chi connectivity index (χ0) is 31.0. The summed E-state index contributed by atoms with van der Waals surface area (Å²) >= 11 is 0.909. The van der Waals surface area contributed by atoms with Crippen molar-refractivity contribution in [2.45, 2.75) is 71.8 Å². The lowest BCUT2D eigenvalue weighted by Gasteiger charge is -2.26. The molecule has 2 aromatic rings. The number of carbonyl (C=O) groups excluding carboxylic acids is 5. The summed E-state index contributed by atoms with van der Waals surface area (Å²) in [5.41, 5.74) is -0.471. The molecule has 1 atom stereocenters. The summed E-state index contributed by atoms with van der Waals surface area (Å²) in [6.07, 6.45) is -1.01. The quantitative estimate of drug-likeness (QED) is 0.224. The van der Waals surface area contributed by atoms with Gasteiger partial charge in [-0.3, -0.25) is 19.3 Å². The van der Waals surface area contributed by atoms with Gasteiger partial charge >= 0.3 is 17.8 Å². The molecule has 1 unspecified atom stereocenters. The van der Waals surface area contributed by atoms with Gasteiger partial charge in [0.25, 0.3) is 11.8 Å². The van der Waals surface area contributed by atoms with Crippen molar-refractivity contribution in [1.82, 2.24) is 4.90 Å². The van der Waals surface area contributed by atoms with E-state index in [1.54, 1.807) is 59.7 Å². The molecule has 0 saturated heterocycles. The highest BCUT2D eigenvalue weighted by atomic mass is 32.1. The summed E-state index contributed by atoms with van der Waals surface area (Å²) in [7, 11) is 1.45. The minimum Gasteiger partial charge on any atom is -0.467 e. The molecule has 1 aromatic carbocycles. The smallest absolute Gasteiger partial charge is 0.397 e. The van der Waals surface area contributed by atoms with Crippen LogP contribution in [0.3, 0.4) is 0 Å². The number of amides is 3. The van der Waals surface area contributed by atoms with Gasteiger partial charge in [-0.1, -0.05) is 12.1 Å². The van der Waals surface area contributed by atoms with E-state index in [9.17, 15) is 24.0 Å². The van der Waals surface area contributed by atoms with Crippen LogP contribution in [0.15, 0.2) is 18.2 Å². The van der Waals surface area contributed by atoms with Gasteiger partial charge in [0.1, 0.15) is 22.0 Å². The zero-order valence-corrected chi connectivity index (χ0v) is 25.4. The molecule has 1 aromatic heterocycles. The zero-order valence-electron chi connectivity index (χ0n) is 24.6. The van der Waals surface area contributed by atoms with Gasteiger partial charge in [-0.2, -0.15) is 0 Å². The Labute approximate surface area is 247 Å². The van der Waals surface area contributed by atoms with Crippen LogP contribution in [0.4, 0.5) is 5.00 Å². The summed E-state index contributed by atoms with van der Waals surface area (Å²) in [6, 6.07) is 5.06. The van der Waals surface area contributed by atoms with E-state index in [0.29, 0.717) is 16.0 Å². The van der Waals surface area contributed by atoms with Gasteiger partial charge in [0, 0.05) is 12.0 Å². The van der Waals surface area contributed by atoms with Gasteiger partial charge in [0.15, 0.2) is 12.9 Å². The summed E-state index contributed by atoms with van der Waals surface area (Å²) in [4.78, 5) is 67.1. The Morgan fingerprint density at radius 1 is 1.07 bits per heavy atom. The van der Waals surface area contributed by atoms with Crippen LogP contribution in [0, 0.1) is 0 Å². The van der Waals surface area contributed by atoms with E-state index in [-0.39, 0.29) is 48.2 Å². The second-order valence-electron chi connectivity index (χ2n) is 11.7. The number of hydrogen-bond donors (Lipinski definition) is 1. The normalized spacial score (nSPS) is 16.4. The number of imide groups is 1. The number of fused-ring (bicyclic) bond motifs is 2. The molecule has 42 heavy (non-hydrogen) atoms. The Kier molecular flexibility index (Phi) is 8.76.